The van der Waals surface area contributed by atoms with Crippen molar-refractivity contribution in [1.82, 2.24) is 15.2 Å². The van der Waals surface area contributed by atoms with E-state index in [1.54, 1.807) is 35.7 Å². The van der Waals surface area contributed by atoms with Crippen LogP contribution in [0.25, 0.3) is 0 Å². The summed E-state index contributed by atoms with van der Waals surface area (Å²) in [5.41, 5.74) is 1.90. The molecule has 0 aliphatic carbocycles. The van der Waals surface area contributed by atoms with Gasteiger partial charge in [0, 0.05) is 30.6 Å². The van der Waals surface area contributed by atoms with Crippen molar-refractivity contribution in [2.45, 2.75) is 39.4 Å². The summed E-state index contributed by atoms with van der Waals surface area (Å²) in [5.74, 6) is -0.736. The molecule has 7 heteroatoms. The van der Waals surface area contributed by atoms with E-state index in [1.165, 1.54) is 29.5 Å². The van der Waals surface area contributed by atoms with Gasteiger partial charge in [-0.15, -0.1) is 11.3 Å². The lowest BCUT2D eigenvalue weighted by Crippen LogP contribution is -2.25. The summed E-state index contributed by atoms with van der Waals surface area (Å²) >= 11 is 1.41. The predicted octanol–water partition coefficient (Wildman–Crippen LogP) is 5.15. The fourth-order valence-electron chi connectivity index (χ4n) is 3.03. The van der Waals surface area contributed by atoms with Crippen molar-refractivity contribution in [3.05, 3.63) is 87.4 Å². The highest BCUT2D eigenvalue weighted by Gasteiger charge is 2.15. The molecule has 3 aromatic rings. The zero-order valence-corrected chi connectivity index (χ0v) is 17.7. The number of nitrogens with one attached hydrogen (secondary N) is 1. The Morgan fingerprint density at radius 2 is 1.83 bits per heavy atom. The molecule has 0 aliphatic rings. The third-order valence-electron chi connectivity index (χ3n) is 4.63. The van der Waals surface area contributed by atoms with Crippen LogP contribution in [0.1, 0.15) is 46.4 Å². The highest BCUT2D eigenvalue weighted by molar-refractivity contribution is 7.09. The molecule has 1 N–H and O–H groups in total. The number of amides is 1. The summed E-state index contributed by atoms with van der Waals surface area (Å²) in [5, 5.41) is 5.38. The Kier molecular flexibility index (Phi) is 8.04. The van der Waals surface area contributed by atoms with Gasteiger partial charge in [0.25, 0.3) is 5.91 Å². The van der Waals surface area contributed by atoms with Gasteiger partial charge in [0.15, 0.2) is 0 Å². The van der Waals surface area contributed by atoms with Gasteiger partial charge in [-0.2, -0.15) is 0 Å². The number of hydrogen-bond donors (Lipinski definition) is 1. The summed E-state index contributed by atoms with van der Waals surface area (Å²) in [6, 6.07) is 12.9. The molecule has 158 valence electrons. The van der Waals surface area contributed by atoms with E-state index < -0.39 is 0 Å². The molecule has 0 fully saturated rings. The Morgan fingerprint density at radius 1 is 1.07 bits per heavy atom. The van der Waals surface area contributed by atoms with Crippen molar-refractivity contribution in [3.8, 4) is 0 Å². The second-order valence-electron chi connectivity index (χ2n) is 7.10. The monoisotopic (exact) mass is 429 g/mol. The van der Waals surface area contributed by atoms with Gasteiger partial charge in [0.1, 0.15) is 22.3 Å². The van der Waals surface area contributed by atoms with Crippen molar-refractivity contribution < 1.29 is 13.6 Å². The highest BCUT2D eigenvalue weighted by Crippen LogP contribution is 2.19. The molecular weight excluding hydrogens is 404 g/mol. The van der Waals surface area contributed by atoms with E-state index >= 15 is 0 Å². The molecule has 0 saturated carbocycles. The lowest BCUT2D eigenvalue weighted by molar-refractivity contribution is 0.0948. The van der Waals surface area contributed by atoms with Crippen LogP contribution < -0.4 is 5.32 Å². The molecule has 2 aromatic carbocycles. The van der Waals surface area contributed by atoms with E-state index in [0.717, 1.165) is 23.4 Å². The second-order valence-corrected chi connectivity index (χ2v) is 8.04. The Balaban J connectivity index is 1.72. The van der Waals surface area contributed by atoms with Gasteiger partial charge >= 0.3 is 0 Å². The largest absolute Gasteiger partial charge is 0.351 e. The maximum atomic E-state index is 14.2. The summed E-state index contributed by atoms with van der Waals surface area (Å²) < 4.78 is 27.4. The van der Waals surface area contributed by atoms with Crippen LogP contribution in [-0.2, 0) is 19.6 Å². The molecule has 1 aromatic heterocycles. The van der Waals surface area contributed by atoms with Crippen molar-refractivity contribution >= 4 is 17.2 Å². The van der Waals surface area contributed by atoms with Crippen LogP contribution in [0.2, 0.25) is 0 Å². The lowest BCUT2D eigenvalue weighted by atomic mass is 10.1. The number of hydrogen-bond acceptors (Lipinski definition) is 4. The first kappa shape index (κ1) is 22.1. The van der Waals surface area contributed by atoms with Gasteiger partial charge < -0.3 is 5.32 Å². The van der Waals surface area contributed by atoms with Crippen molar-refractivity contribution in [2.24, 2.45) is 0 Å². The van der Waals surface area contributed by atoms with E-state index in [4.69, 9.17) is 0 Å². The van der Waals surface area contributed by atoms with Crippen LogP contribution in [0.3, 0.4) is 0 Å². The van der Waals surface area contributed by atoms with E-state index in [0.29, 0.717) is 37.4 Å². The summed E-state index contributed by atoms with van der Waals surface area (Å²) in [7, 11) is 0. The zero-order valence-electron chi connectivity index (χ0n) is 16.9. The van der Waals surface area contributed by atoms with Crippen LogP contribution in [0.4, 0.5) is 8.78 Å². The minimum Gasteiger partial charge on any atom is -0.351 e. The number of benzene rings is 2. The molecule has 0 saturated heterocycles. The topological polar surface area (TPSA) is 45.2 Å². The van der Waals surface area contributed by atoms with Crippen LogP contribution in [-0.4, -0.2) is 22.3 Å². The molecule has 0 unspecified atom stereocenters. The first-order chi connectivity index (χ1) is 14.5. The molecule has 0 aliphatic heterocycles. The average Bonchev–Trinajstić information content (AvgIpc) is 3.20. The lowest BCUT2D eigenvalue weighted by Gasteiger charge is -2.22. The molecule has 30 heavy (non-hydrogen) atoms. The summed E-state index contributed by atoms with van der Waals surface area (Å²) in [6.45, 7) is 4.04. The standard InChI is InChI=1S/C23H25F2N3OS/c1-2-3-12-26-23(29)21-16-30-22(27-21)15-28(13-17-8-10-19(24)11-9-17)14-18-6-4-5-7-20(18)25/h4-11,16H,2-3,12-15H2,1H3,(H,26,29). The molecule has 0 bridgehead atoms. The van der Waals surface area contributed by atoms with E-state index in [1.807, 2.05) is 4.90 Å². The van der Waals surface area contributed by atoms with E-state index in [-0.39, 0.29) is 17.5 Å². The minimum atomic E-state index is -0.293. The van der Waals surface area contributed by atoms with Gasteiger partial charge in [-0.25, -0.2) is 13.8 Å². The summed E-state index contributed by atoms with van der Waals surface area (Å²) in [4.78, 5) is 18.7. The highest BCUT2D eigenvalue weighted by atomic mass is 32.1. The number of nitrogens with zero attached hydrogens (tertiary/aromatic N) is 2. The van der Waals surface area contributed by atoms with Gasteiger partial charge in [-0.3, -0.25) is 9.69 Å². The number of carbonyl (C=O) groups excluding carboxylic acids is 1. The fraction of sp³-hybridized carbons (Fsp3) is 0.304. The molecule has 4 nitrogen and oxygen atoms in total. The van der Waals surface area contributed by atoms with Gasteiger partial charge in [0.2, 0.25) is 0 Å². The van der Waals surface area contributed by atoms with Gasteiger partial charge in [-0.05, 0) is 30.2 Å². The number of aromatic nitrogens is 1. The van der Waals surface area contributed by atoms with Gasteiger partial charge in [0.05, 0.1) is 6.54 Å². The Bertz CT molecular complexity index is 959. The van der Waals surface area contributed by atoms with Crippen LogP contribution in [0.5, 0.6) is 0 Å². The van der Waals surface area contributed by atoms with Crippen molar-refractivity contribution in [2.75, 3.05) is 6.54 Å². The SMILES string of the molecule is CCCCNC(=O)c1csc(CN(Cc2ccc(F)cc2)Cc2ccccc2F)n1. The number of unbranched alkanes of at least 4 members (excludes halogenated alkanes) is 1. The second kappa shape index (κ2) is 10.9. The molecule has 0 spiro atoms. The Hall–Kier alpha value is -2.64. The maximum Gasteiger partial charge on any atom is 0.270 e. The van der Waals surface area contributed by atoms with Gasteiger partial charge in [-0.1, -0.05) is 43.7 Å². The Labute approximate surface area is 179 Å². The molecular formula is C23H25F2N3OS. The third kappa shape index (κ3) is 6.43. The van der Waals surface area contributed by atoms with Crippen LogP contribution in [0.15, 0.2) is 53.9 Å². The molecule has 3 rings (SSSR count). The van der Waals surface area contributed by atoms with Crippen molar-refractivity contribution in [1.29, 1.82) is 0 Å². The van der Waals surface area contributed by atoms with E-state index in [2.05, 4.69) is 17.2 Å². The normalized spacial score (nSPS) is 11.1. The molecule has 1 heterocycles. The van der Waals surface area contributed by atoms with Crippen LogP contribution in [0, 0.1) is 11.6 Å². The predicted molar refractivity (Wildman–Crippen MR) is 115 cm³/mol. The van der Waals surface area contributed by atoms with E-state index in [9.17, 15) is 13.6 Å². The first-order valence-corrected chi connectivity index (χ1v) is 10.9. The maximum absolute atomic E-state index is 14.2. The summed E-state index contributed by atoms with van der Waals surface area (Å²) in [6.07, 6.45) is 1.94. The zero-order chi connectivity index (χ0) is 21.3. The minimum absolute atomic E-state index is 0.176. The smallest absolute Gasteiger partial charge is 0.270 e. The third-order valence-corrected chi connectivity index (χ3v) is 5.46. The Morgan fingerprint density at radius 3 is 2.57 bits per heavy atom. The molecule has 1 amide bonds. The number of halogens is 2. The molecule has 0 atom stereocenters. The number of carbonyl (C=O) groups is 1. The molecule has 0 radical (unpaired) electrons. The fourth-order valence-corrected chi connectivity index (χ4v) is 3.85. The quantitative estimate of drug-likeness (QED) is 0.453. The average molecular weight is 430 g/mol. The van der Waals surface area contributed by atoms with Crippen molar-refractivity contribution in [3.63, 3.8) is 0 Å². The number of rotatable bonds is 10. The number of thiazole rings is 1. The van der Waals surface area contributed by atoms with Crippen LogP contribution >= 0.6 is 11.3 Å². The first-order valence-electron chi connectivity index (χ1n) is 9.98.